The lowest BCUT2D eigenvalue weighted by Gasteiger charge is -2.37. The van der Waals surface area contributed by atoms with Gasteiger partial charge in [0.15, 0.2) is 0 Å². The van der Waals surface area contributed by atoms with Crippen LogP contribution in [-0.2, 0) is 0 Å². The largest absolute Gasteiger partial charge is 0.392 e. The lowest BCUT2D eigenvalue weighted by molar-refractivity contribution is 0.152. The third kappa shape index (κ3) is 0.887. The number of fused-ring (bicyclic) bond motifs is 2. The second kappa shape index (κ2) is 2.83. The molecule has 0 aliphatic heterocycles. The summed E-state index contributed by atoms with van der Waals surface area (Å²) in [5.74, 6) is 0.486. The molecule has 0 spiro atoms. The van der Waals surface area contributed by atoms with Crippen molar-refractivity contribution in [1.82, 2.24) is 0 Å². The highest BCUT2D eigenvalue weighted by Gasteiger charge is 2.59. The summed E-state index contributed by atoms with van der Waals surface area (Å²) in [6, 6.07) is 0. The maximum Gasteiger partial charge on any atom is 0.0650 e. The smallest absolute Gasteiger partial charge is 0.0650 e. The van der Waals surface area contributed by atoms with Gasteiger partial charge in [-0.1, -0.05) is 20.8 Å². The lowest BCUT2D eigenvalue weighted by Crippen LogP contribution is -2.31. The number of rotatable bonds is 2. The van der Waals surface area contributed by atoms with Gasteiger partial charge in [0.2, 0.25) is 0 Å². The van der Waals surface area contributed by atoms with Crippen LogP contribution in [0.3, 0.4) is 0 Å². The van der Waals surface area contributed by atoms with Crippen LogP contribution in [0.2, 0.25) is 0 Å². The van der Waals surface area contributed by atoms with Gasteiger partial charge in [-0.25, -0.2) is 0 Å². The van der Waals surface area contributed by atoms with Gasteiger partial charge in [-0.3, -0.25) is 0 Å². The molecule has 2 heteroatoms. The molecule has 2 bridgehead atoms. The summed E-state index contributed by atoms with van der Waals surface area (Å²) in [6.07, 6.45) is 2.33. The molecule has 1 fully saturated rings. The minimum absolute atomic E-state index is 0.116. The summed E-state index contributed by atoms with van der Waals surface area (Å²) < 4.78 is 0. The summed E-state index contributed by atoms with van der Waals surface area (Å²) in [5, 5.41) is 18.8. The number of aliphatic hydroxyl groups is 2. The predicted octanol–water partition coefficient (Wildman–Crippen LogP) is 1.72. The van der Waals surface area contributed by atoms with E-state index in [1.807, 2.05) is 0 Å². The van der Waals surface area contributed by atoms with E-state index < -0.39 is 0 Å². The normalized spacial score (nSPS) is 39.6. The highest BCUT2D eigenvalue weighted by Crippen LogP contribution is 2.67. The third-order valence-corrected chi connectivity index (χ3v) is 5.03. The van der Waals surface area contributed by atoms with E-state index in [2.05, 4.69) is 20.8 Å². The molecule has 0 saturated heterocycles. The van der Waals surface area contributed by atoms with Crippen molar-refractivity contribution in [1.29, 1.82) is 0 Å². The molecule has 2 rings (SSSR count). The van der Waals surface area contributed by atoms with Crippen LogP contribution in [0.5, 0.6) is 0 Å². The molecule has 0 aromatic carbocycles. The average Bonchev–Trinajstić information content (AvgIpc) is 2.46. The molecule has 0 radical (unpaired) electrons. The molecule has 2 unspecified atom stereocenters. The Balaban J connectivity index is 2.52. The van der Waals surface area contributed by atoms with Gasteiger partial charge in [0, 0.05) is 0 Å². The van der Waals surface area contributed by atoms with Crippen molar-refractivity contribution in [2.24, 2.45) is 16.7 Å². The molecule has 0 aromatic rings. The van der Waals surface area contributed by atoms with Crippen molar-refractivity contribution in [3.05, 3.63) is 11.1 Å². The molecule has 2 N–H and O–H groups in total. The highest BCUT2D eigenvalue weighted by molar-refractivity contribution is 5.39. The fourth-order valence-corrected chi connectivity index (χ4v) is 3.70. The Hall–Kier alpha value is -0.340. The quantitative estimate of drug-likeness (QED) is 0.660. The Kier molecular flexibility index (Phi) is 2.06. The number of aliphatic hydroxyl groups excluding tert-OH is 2. The van der Waals surface area contributed by atoms with Crippen LogP contribution >= 0.6 is 0 Å². The van der Waals surface area contributed by atoms with Gasteiger partial charge in [0.1, 0.15) is 0 Å². The Morgan fingerprint density at radius 2 is 1.86 bits per heavy atom. The van der Waals surface area contributed by atoms with E-state index in [1.165, 1.54) is 6.42 Å². The zero-order valence-corrected chi connectivity index (χ0v) is 9.30. The van der Waals surface area contributed by atoms with Crippen LogP contribution in [0.15, 0.2) is 11.1 Å². The predicted molar refractivity (Wildman–Crippen MR) is 55.8 cm³/mol. The Morgan fingerprint density at radius 3 is 2.29 bits per heavy atom. The van der Waals surface area contributed by atoms with Gasteiger partial charge < -0.3 is 10.2 Å². The summed E-state index contributed by atoms with van der Waals surface area (Å²) in [5.41, 5.74) is 2.56. The van der Waals surface area contributed by atoms with E-state index in [-0.39, 0.29) is 24.0 Å². The van der Waals surface area contributed by atoms with Crippen LogP contribution in [0.4, 0.5) is 0 Å². The van der Waals surface area contributed by atoms with E-state index in [4.69, 9.17) is 0 Å². The molecule has 1 saturated carbocycles. The molecular formula is C12H20O2. The minimum Gasteiger partial charge on any atom is -0.392 e. The van der Waals surface area contributed by atoms with Crippen LogP contribution < -0.4 is 0 Å². The maximum absolute atomic E-state index is 9.42. The second-order valence-electron chi connectivity index (χ2n) is 5.47. The molecular weight excluding hydrogens is 176 g/mol. The molecule has 2 atom stereocenters. The van der Waals surface area contributed by atoms with Crippen molar-refractivity contribution in [2.75, 3.05) is 13.2 Å². The molecule has 0 heterocycles. The number of hydrogen-bond acceptors (Lipinski definition) is 2. The summed E-state index contributed by atoms with van der Waals surface area (Å²) in [7, 11) is 0. The Bertz CT molecular complexity index is 291. The highest BCUT2D eigenvalue weighted by atomic mass is 16.3. The van der Waals surface area contributed by atoms with Gasteiger partial charge in [-0.2, -0.15) is 0 Å². The zero-order valence-electron chi connectivity index (χ0n) is 9.30. The van der Waals surface area contributed by atoms with E-state index in [9.17, 15) is 10.2 Å². The zero-order chi connectivity index (χ0) is 10.6. The third-order valence-electron chi connectivity index (χ3n) is 5.03. The molecule has 80 valence electrons. The molecule has 0 aromatic heterocycles. The fourth-order valence-electron chi connectivity index (χ4n) is 3.70. The summed E-state index contributed by atoms with van der Waals surface area (Å²) >= 11 is 0. The second-order valence-corrected chi connectivity index (χ2v) is 5.47. The molecule has 2 aliphatic carbocycles. The van der Waals surface area contributed by atoms with E-state index in [0.29, 0.717) is 5.92 Å². The van der Waals surface area contributed by atoms with Gasteiger partial charge in [0.05, 0.1) is 13.2 Å². The van der Waals surface area contributed by atoms with Gasteiger partial charge in [-0.05, 0) is 40.7 Å². The fraction of sp³-hybridized carbons (Fsp3) is 0.833. The maximum atomic E-state index is 9.42. The van der Waals surface area contributed by atoms with Gasteiger partial charge in [0.25, 0.3) is 0 Å². The standard InChI is InChI=1S/C12H20O2/c1-11(2)9-4-5-12(11,3)10(7-14)8(9)6-13/h9,13-14H,4-7H2,1-3H3. The first-order chi connectivity index (χ1) is 6.49. The van der Waals surface area contributed by atoms with Crippen molar-refractivity contribution in [3.8, 4) is 0 Å². The molecule has 2 nitrogen and oxygen atoms in total. The van der Waals surface area contributed by atoms with Gasteiger partial charge in [-0.15, -0.1) is 0 Å². The van der Waals surface area contributed by atoms with Crippen molar-refractivity contribution in [3.63, 3.8) is 0 Å². The Labute approximate surface area is 85.6 Å². The van der Waals surface area contributed by atoms with Gasteiger partial charge >= 0.3 is 0 Å². The van der Waals surface area contributed by atoms with Crippen molar-refractivity contribution >= 4 is 0 Å². The van der Waals surface area contributed by atoms with Crippen LogP contribution in [-0.4, -0.2) is 23.4 Å². The van der Waals surface area contributed by atoms with Crippen LogP contribution in [0, 0.1) is 16.7 Å². The Morgan fingerprint density at radius 1 is 1.21 bits per heavy atom. The van der Waals surface area contributed by atoms with Crippen LogP contribution in [0.1, 0.15) is 33.6 Å². The van der Waals surface area contributed by atoms with Crippen LogP contribution in [0.25, 0.3) is 0 Å². The molecule has 2 aliphatic rings. The van der Waals surface area contributed by atoms with Crippen molar-refractivity contribution in [2.45, 2.75) is 33.6 Å². The molecule has 0 amide bonds. The first-order valence-electron chi connectivity index (χ1n) is 5.43. The first kappa shape index (κ1) is 10.2. The summed E-state index contributed by atoms with van der Waals surface area (Å²) in [4.78, 5) is 0. The number of hydrogen-bond donors (Lipinski definition) is 2. The monoisotopic (exact) mass is 196 g/mol. The summed E-state index contributed by atoms with van der Waals surface area (Å²) in [6.45, 7) is 7.01. The lowest BCUT2D eigenvalue weighted by atomic mass is 9.67. The average molecular weight is 196 g/mol. The minimum atomic E-state index is 0.116. The SMILES string of the molecule is CC12CCC(C(CO)=C1CO)C2(C)C. The van der Waals surface area contributed by atoms with E-state index in [1.54, 1.807) is 0 Å². The van der Waals surface area contributed by atoms with E-state index >= 15 is 0 Å². The van der Waals surface area contributed by atoms with Crippen molar-refractivity contribution < 1.29 is 10.2 Å². The topological polar surface area (TPSA) is 40.5 Å². The first-order valence-corrected chi connectivity index (χ1v) is 5.43. The molecule has 14 heavy (non-hydrogen) atoms. The van der Waals surface area contributed by atoms with E-state index in [0.717, 1.165) is 17.6 Å².